The Balaban J connectivity index is 1.86. The minimum absolute atomic E-state index is 0.421. The van der Waals surface area contributed by atoms with Crippen LogP contribution in [-0.4, -0.2) is 28.2 Å². The first-order chi connectivity index (χ1) is 12.2. The van der Waals surface area contributed by atoms with Gasteiger partial charge in [0, 0.05) is 11.8 Å². The van der Waals surface area contributed by atoms with Crippen LogP contribution in [-0.2, 0) is 4.79 Å². The summed E-state index contributed by atoms with van der Waals surface area (Å²) < 4.78 is 5.15. The van der Waals surface area contributed by atoms with Crippen LogP contribution < -0.4 is 4.74 Å². The minimum atomic E-state index is -0.922. The van der Waals surface area contributed by atoms with Gasteiger partial charge in [0.05, 0.1) is 12.8 Å². The standard InChI is InChI=1S/C19H16N2O3S/c1-24-15-9-7-13(8-10-15)16-11-12-20-19(21-16)25-17(18(22)23)14-5-3-2-4-6-14/h2-12,17H,1H3,(H,22,23)/t17-/m1/s1. The Labute approximate surface area is 149 Å². The van der Waals surface area contributed by atoms with E-state index in [2.05, 4.69) is 9.97 Å². The molecule has 0 spiro atoms. The highest BCUT2D eigenvalue weighted by Crippen LogP contribution is 2.34. The third-order valence-electron chi connectivity index (χ3n) is 3.57. The number of carboxylic acid groups (broad SMARTS) is 1. The van der Waals surface area contributed by atoms with Crippen LogP contribution in [0.1, 0.15) is 10.8 Å². The monoisotopic (exact) mass is 352 g/mol. The number of aromatic nitrogens is 2. The van der Waals surface area contributed by atoms with Crippen LogP contribution in [0.25, 0.3) is 11.3 Å². The molecule has 1 heterocycles. The first-order valence-corrected chi connectivity index (χ1v) is 8.47. The van der Waals surface area contributed by atoms with Crippen LogP contribution >= 0.6 is 11.8 Å². The van der Waals surface area contributed by atoms with Crippen LogP contribution in [0.4, 0.5) is 0 Å². The lowest BCUT2D eigenvalue weighted by atomic mass is 10.1. The van der Waals surface area contributed by atoms with Gasteiger partial charge < -0.3 is 9.84 Å². The number of nitrogens with zero attached hydrogens (tertiary/aromatic N) is 2. The van der Waals surface area contributed by atoms with Gasteiger partial charge in [-0.25, -0.2) is 9.97 Å². The van der Waals surface area contributed by atoms with E-state index in [1.54, 1.807) is 31.5 Å². The smallest absolute Gasteiger partial charge is 0.321 e. The molecular weight excluding hydrogens is 336 g/mol. The number of ether oxygens (including phenoxy) is 1. The van der Waals surface area contributed by atoms with Crippen molar-refractivity contribution in [2.75, 3.05) is 7.11 Å². The molecule has 2 aromatic carbocycles. The zero-order valence-corrected chi connectivity index (χ0v) is 14.3. The molecule has 0 fully saturated rings. The molecule has 0 amide bonds. The van der Waals surface area contributed by atoms with E-state index < -0.39 is 11.2 Å². The van der Waals surface area contributed by atoms with E-state index in [0.29, 0.717) is 10.7 Å². The van der Waals surface area contributed by atoms with Gasteiger partial charge in [-0.05, 0) is 35.9 Å². The number of methoxy groups -OCH3 is 1. The van der Waals surface area contributed by atoms with E-state index in [1.165, 1.54) is 0 Å². The Morgan fingerprint density at radius 2 is 1.80 bits per heavy atom. The molecule has 126 valence electrons. The molecule has 3 rings (SSSR count). The number of thioether (sulfide) groups is 1. The second kappa shape index (κ2) is 7.81. The first-order valence-electron chi connectivity index (χ1n) is 7.59. The van der Waals surface area contributed by atoms with Crippen LogP contribution in [0.15, 0.2) is 72.0 Å². The average molecular weight is 352 g/mol. The molecule has 0 unspecified atom stereocenters. The Hall–Kier alpha value is -2.86. The van der Waals surface area contributed by atoms with Crippen LogP contribution in [0, 0.1) is 0 Å². The molecule has 0 saturated heterocycles. The molecule has 0 aliphatic heterocycles. The summed E-state index contributed by atoms with van der Waals surface area (Å²) in [6.45, 7) is 0. The van der Waals surface area contributed by atoms with E-state index in [-0.39, 0.29) is 0 Å². The Kier molecular flexibility index (Phi) is 5.30. The van der Waals surface area contributed by atoms with Crippen molar-refractivity contribution < 1.29 is 14.6 Å². The van der Waals surface area contributed by atoms with Gasteiger partial charge in [0.1, 0.15) is 11.0 Å². The van der Waals surface area contributed by atoms with Crippen molar-refractivity contribution in [2.24, 2.45) is 0 Å². The average Bonchev–Trinajstić information content (AvgIpc) is 2.67. The van der Waals surface area contributed by atoms with Gasteiger partial charge in [-0.15, -0.1) is 0 Å². The highest BCUT2D eigenvalue weighted by atomic mass is 32.2. The van der Waals surface area contributed by atoms with Crippen molar-refractivity contribution in [3.05, 3.63) is 72.4 Å². The molecule has 3 aromatic rings. The Morgan fingerprint density at radius 3 is 2.44 bits per heavy atom. The number of benzene rings is 2. The number of aliphatic carboxylic acids is 1. The third-order valence-corrected chi connectivity index (χ3v) is 4.69. The minimum Gasteiger partial charge on any atom is -0.497 e. The van der Waals surface area contributed by atoms with Gasteiger partial charge in [-0.3, -0.25) is 4.79 Å². The Bertz CT molecular complexity index is 854. The molecule has 1 aromatic heterocycles. The van der Waals surface area contributed by atoms with Gasteiger partial charge in [0.15, 0.2) is 5.16 Å². The quantitative estimate of drug-likeness (QED) is 0.532. The number of rotatable bonds is 6. The van der Waals surface area contributed by atoms with Crippen molar-refractivity contribution in [2.45, 2.75) is 10.4 Å². The highest BCUT2D eigenvalue weighted by Gasteiger charge is 2.22. The molecule has 5 nitrogen and oxygen atoms in total. The maximum absolute atomic E-state index is 11.6. The van der Waals surface area contributed by atoms with Gasteiger partial charge in [0.25, 0.3) is 0 Å². The van der Waals surface area contributed by atoms with E-state index in [1.807, 2.05) is 42.5 Å². The lowest BCUT2D eigenvalue weighted by Gasteiger charge is -2.12. The van der Waals surface area contributed by atoms with Crippen molar-refractivity contribution >= 4 is 17.7 Å². The summed E-state index contributed by atoms with van der Waals surface area (Å²) in [5.41, 5.74) is 2.35. The second-order valence-electron chi connectivity index (χ2n) is 5.20. The largest absolute Gasteiger partial charge is 0.497 e. The summed E-state index contributed by atoms with van der Waals surface area (Å²) in [5, 5.41) is 9.21. The van der Waals surface area contributed by atoms with Crippen molar-refractivity contribution in [3.63, 3.8) is 0 Å². The molecule has 25 heavy (non-hydrogen) atoms. The fourth-order valence-corrected chi connectivity index (χ4v) is 3.19. The van der Waals surface area contributed by atoms with Gasteiger partial charge in [-0.2, -0.15) is 0 Å². The van der Waals surface area contributed by atoms with Gasteiger partial charge >= 0.3 is 5.97 Å². The summed E-state index contributed by atoms with van der Waals surface area (Å²) in [5.74, 6) is -0.155. The number of carboxylic acids is 1. The summed E-state index contributed by atoms with van der Waals surface area (Å²) in [6.07, 6.45) is 1.64. The zero-order chi connectivity index (χ0) is 17.6. The maximum atomic E-state index is 11.6. The van der Waals surface area contributed by atoms with E-state index in [0.717, 1.165) is 28.8 Å². The lowest BCUT2D eigenvalue weighted by Crippen LogP contribution is -2.08. The summed E-state index contributed by atoms with van der Waals surface area (Å²) in [6, 6.07) is 18.4. The van der Waals surface area contributed by atoms with Crippen molar-refractivity contribution in [1.82, 2.24) is 9.97 Å². The third kappa shape index (κ3) is 4.16. The molecule has 1 atom stereocenters. The SMILES string of the molecule is COc1ccc(-c2ccnc(S[C@@H](C(=O)O)c3ccccc3)n2)cc1. The molecule has 0 aliphatic carbocycles. The molecule has 0 bridgehead atoms. The highest BCUT2D eigenvalue weighted by molar-refractivity contribution is 8.00. The van der Waals surface area contributed by atoms with Crippen LogP contribution in [0.2, 0.25) is 0 Å². The van der Waals surface area contributed by atoms with Gasteiger partial charge in [-0.1, -0.05) is 42.1 Å². The zero-order valence-electron chi connectivity index (χ0n) is 13.5. The maximum Gasteiger partial charge on any atom is 0.321 e. The second-order valence-corrected chi connectivity index (χ2v) is 6.27. The molecule has 0 aliphatic rings. The first kappa shape index (κ1) is 17.0. The fraction of sp³-hybridized carbons (Fsp3) is 0.105. The molecule has 1 N–H and O–H groups in total. The summed E-state index contributed by atoms with van der Waals surface area (Å²) >= 11 is 1.12. The number of hydrogen-bond donors (Lipinski definition) is 1. The summed E-state index contributed by atoms with van der Waals surface area (Å²) in [7, 11) is 1.62. The molecule has 0 radical (unpaired) electrons. The predicted molar refractivity (Wildman–Crippen MR) is 96.7 cm³/mol. The van der Waals surface area contributed by atoms with Crippen LogP contribution in [0.5, 0.6) is 5.75 Å². The van der Waals surface area contributed by atoms with Crippen LogP contribution in [0.3, 0.4) is 0 Å². The number of hydrogen-bond acceptors (Lipinski definition) is 5. The van der Waals surface area contributed by atoms with E-state index in [4.69, 9.17) is 4.74 Å². The lowest BCUT2D eigenvalue weighted by molar-refractivity contribution is -0.136. The Morgan fingerprint density at radius 1 is 1.08 bits per heavy atom. The summed E-state index contributed by atoms with van der Waals surface area (Å²) in [4.78, 5) is 20.3. The fourth-order valence-electron chi connectivity index (χ4n) is 2.31. The van der Waals surface area contributed by atoms with Crippen molar-refractivity contribution in [3.8, 4) is 17.0 Å². The topological polar surface area (TPSA) is 72.3 Å². The van der Waals surface area contributed by atoms with E-state index >= 15 is 0 Å². The predicted octanol–water partition coefficient (Wildman–Crippen LogP) is 4.07. The van der Waals surface area contributed by atoms with E-state index in [9.17, 15) is 9.90 Å². The molecule has 6 heteroatoms. The normalized spacial score (nSPS) is 11.7. The number of carbonyl (C=O) groups is 1. The molecule has 0 saturated carbocycles. The van der Waals surface area contributed by atoms with Gasteiger partial charge in [0.2, 0.25) is 0 Å². The van der Waals surface area contributed by atoms with Crippen molar-refractivity contribution in [1.29, 1.82) is 0 Å². The molecular formula is C19H16N2O3S.